The molecule has 0 saturated heterocycles. The van der Waals surface area contributed by atoms with Gasteiger partial charge in [-0.25, -0.2) is 0 Å². The highest BCUT2D eigenvalue weighted by atomic mass is 16.1. The highest BCUT2D eigenvalue weighted by Crippen LogP contribution is 2.43. The molecule has 106 valence electrons. The molecular formula is C17H22N2O. The number of carbonyl (C=O) groups excluding carboxylic acids is 1. The average Bonchev–Trinajstić information content (AvgIpc) is 3.08. The molecule has 2 aliphatic carbocycles. The first kappa shape index (κ1) is 13.2. The molecule has 3 unspecified atom stereocenters. The van der Waals surface area contributed by atoms with Gasteiger partial charge >= 0.3 is 0 Å². The predicted molar refractivity (Wildman–Crippen MR) is 81.9 cm³/mol. The number of fused-ring (bicyclic) bond motifs is 2. The SMILES string of the molecule is CNC(=O)c1ccc(C)c(NCC2CC3C=CC2C3)c1. The van der Waals surface area contributed by atoms with Gasteiger partial charge in [-0.2, -0.15) is 0 Å². The minimum Gasteiger partial charge on any atom is -0.385 e. The van der Waals surface area contributed by atoms with Gasteiger partial charge in [-0.3, -0.25) is 4.79 Å². The van der Waals surface area contributed by atoms with Gasteiger partial charge in [0.15, 0.2) is 0 Å². The Morgan fingerprint density at radius 1 is 1.30 bits per heavy atom. The van der Waals surface area contributed by atoms with Crippen molar-refractivity contribution in [1.82, 2.24) is 5.32 Å². The quantitative estimate of drug-likeness (QED) is 0.826. The molecule has 3 heteroatoms. The maximum atomic E-state index is 11.7. The van der Waals surface area contributed by atoms with E-state index in [-0.39, 0.29) is 5.91 Å². The van der Waals surface area contributed by atoms with Crippen molar-refractivity contribution in [3.63, 3.8) is 0 Å². The van der Waals surface area contributed by atoms with Crippen LogP contribution >= 0.6 is 0 Å². The van der Waals surface area contributed by atoms with Gasteiger partial charge in [0.2, 0.25) is 0 Å². The number of nitrogens with one attached hydrogen (secondary N) is 2. The van der Waals surface area contributed by atoms with Gasteiger partial charge < -0.3 is 10.6 Å². The molecule has 0 radical (unpaired) electrons. The number of hydrogen-bond acceptors (Lipinski definition) is 2. The molecular weight excluding hydrogens is 248 g/mol. The van der Waals surface area contributed by atoms with E-state index in [2.05, 4.69) is 29.7 Å². The minimum atomic E-state index is -0.0316. The summed E-state index contributed by atoms with van der Waals surface area (Å²) in [5.41, 5.74) is 2.99. The molecule has 0 heterocycles. The van der Waals surface area contributed by atoms with Crippen molar-refractivity contribution < 1.29 is 4.79 Å². The van der Waals surface area contributed by atoms with Gasteiger partial charge in [-0.05, 0) is 55.2 Å². The van der Waals surface area contributed by atoms with E-state index >= 15 is 0 Å². The molecule has 2 aliphatic rings. The summed E-state index contributed by atoms with van der Waals surface area (Å²) in [6.45, 7) is 3.08. The molecule has 1 amide bonds. The zero-order valence-corrected chi connectivity index (χ0v) is 12.1. The van der Waals surface area contributed by atoms with Crippen LogP contribution in [0, 0.1) is 24.7 Å². The number of hydrogen-bond donors (Lipinski definition) is 2. The van der Waals surface area contributed by atoms with Crippen LogP contribution in [0.5, 0.6) is 0 Å². The lowest BCUT2D eigenvalue weighted by molar-refractivity contribution is 0.0963. The van der Waals surface area contributed by atoms with Crippen molar-refractivity contribution in [1.29, 1.82) is 0 Å². The van der Waals surface area contributed by atoms with E-state index in [0.717, 1.165) is 30.0 Å². The van der Waals surface area contributed by atoms with Gasteiger partial charge in [-0.1, -0.05) is 18.2 Å². The van der Waals surface area contributed by atoms with Crippen molar-refractivity contribution in [2.24, 2.45) is 17.8 Å². The van der Waals surface area contributed by atoms with E-state index in [0.29, 0.717) is 5.56 Å². The summed E-state index contributed by atoms with van der Waals surface area (Å²) in [4.78, 5) is 11.7. The van der Waals surface area contributed by atoms with Crippen LogP contribution in [0.25, 0.3) is 0 Å². The van der Waals surface area contributed by atoms with E-state index in [9.17, 15) is 4.79 Å². The van der Waals surface area contributed by atoms with Crippen molar-refractivity contribution in [2.45, 2.75) is 19.8 Å². The molecule has 3 rings (SSSR count). The number of aryl methyl sites for hydroxylation is 1. The third-order valence-corrected chi connectivity index (χ3v) is 4.70. The standard InChI is InChI=1S/C17H22N2O/c1-11-3-5-14(17(20)18-2)9-16(11)19-10-15-8-12-4-6-13(15)7-12/h3-6,9,12-13,15,19H,7-8,10H2,1-2H3,(H,18,20). The van der Waals surface area contributed by atoms with Gasteiger partial charge in [0.25, 0.3) is 5.91 Å². The molecule has 0 aromatic heterocycles. The second-order valence-corrected chi connectivity index (χ2v) is 6.03. The van der Waals surface area contributed by atoms with Crippen LogP contribution in [0.1, 0.15) is 28.8 Å². The second-order valence-electron chi connectivity index (χ2n) is 6.03. The minimum absolute atomic E-state index is 0.0316. The summed E-state index contributed by atoms with van der Waals surface area (Å²) in [6.07, 6.45) is 7.40. The maximum absolute atomic E-state index is 11.7. The Balaban J connectivity index is 1.67. The van der Waals surface area contributed by atoms with Crippen molar-refractivity contribution in [2.75, 3.05) is 18.9 Å². The molecule has 2 bridgehead atoms. The molecule has 1 aromatic rings. The number of amides is 1. The Morgan fingerprint density at radius 2 is 2.15 bits per heavy atom. The highest BCUT2D eigenvalue weighted by molar-refractivity contribution is 5.95. The summed E-state index contributed by atoms with van der Waals surface area (Å²) < 4.78 is 0. The number of carbonyl (C=O) groups is 1. The van der Waals surface area contributed by atoms with Crippen LogP contribution < -0.4 is 10.6 Å². The van der Waals surface area contributed by atoms with Crippen LogP contribution in [-0.2, 0) is 0 Å². The summed E-state index contributed by atoms with van der Waals surface area (Å²) in [5, 5.41) is 6.22. The Kier molecular flexibility index (Phi) is 3.51. The molecule has 1 aromatic carbocycles. The van der Waals surface area contributed by atoms with E-state index < -0.39 is 0 Å². The monoisotopic (exact) mass is 270 g/mol. The van der Waals surface area contributed by atoms with Crippen molar-refractivity contribution >= 4 is 11.6 Å². The fourth-order valence-corrected chi connectivity index (χ4v) is 3.47. The van der Waals surface area contributed by atoms with Gasteiger partial charge in [-0.15, -0.1) is 0 Å². The Labute approximate surface area is 120 Å². The maximum Gasteiger partial charge on any atom is 0.251 e. The molecule has 3 nitrogen and oxygen atoms in total. The zero-order chi connectivity index (χ0) is 14.1. The molecule has 0 spiro atoms. The van der Waals surface area contributed by atoms with Gasteiger partial charge in [0.1, 0.15) is 0 Å². The summed E-state index contributed by atoms with van der Waals surface area (Å²) in [5.74, 6) is 2.28. The fraction of sp³-hybridized carbons (Fsp3) is 0.471. The van der Waals surface area contributed by atoms with Crippen LogP contribution in [0.2, 0.25) is 0 Å². The van der Waals surface area contributed by atoms with E-state index in [4.69, 9.17) is 0 Å². The highest BCUT2D eigenvalue weighted by Gasteiger charge is 2.35. The first-order valence-corrected chi connectivity index (χ1v) is 7.42. The smallest absolute Gasteiger partial charge is 0.251 e. The lowest BCUT2D eigenvalue weighted by atomic mass is 9.93. The summed E-state index contributed by atoms with van der Waals surface area (Å²) in [6, 6.07) is 5.84. The van der Waals surface area contributed by atoms with E-state index in [1.807, 2.05) is 18.2 Å². The molecule has 1 saturated carbocycles. The van der Waals surface area contributed by atoms with Crippen LogP contribution in [0.4, 0.5) is 5.69 Å². The third-order valence-electron chi connectivity index (χ3n) is 4.70. The second kappa shape index (κ2) is 5.31. The third kappa shape index (κ3) is 2.45. The van der Waals surface area contributed by atoms with Crippen molar-refractivity contribution in [3.8, 4) is 0 Å². The molecule has 20 heavy (non-hydrogen) atoms. The van der Waals surface area contributed by atoms with Crippen molar-refractivity contribution in [3.05, 3.63) is 41.5 Å². The van der Waals surface area contributed by atoms with Crippen LogP contribution in [-0.4, -0.2) is 19.5 Å². The summed E-state index contributed by atoms with van der Waals surface area (Å²) >= 11 is 0. The first-order chi connectivity index (χ1) is 9.67. The Morgan fingerprint density at radius 3 is 2.80 bits per heavy atom. The number of allylic oxidation sites excluding steroid dienone is 2. The Bertz CT molecular complexity index is 550. The van der Waals surface area contributed by atoms with E-state index in [1.54, 1.807) is 7.05 Å². The number of anilines is 1. The topological polar surface area (TPSA) is 41.1 Å². The largest absolute Gasteiger partial charge is 0.385 e. The first-order valence-electron chi connectivity index (χ1n) is 7.42. The zero-order valence-electron chi connectivity index (χ0n) is 12.1. The lowest BCUT2D eigenvalue weighted by Crippen LogP contribution is -2.20. The van der Waals surface area contributed by atoms with Crippen LogP contribution in [0.3, 0.4) is 0 Å². The average molecular weight is 270 g/mol. The number of rotatable bonds is 4. The Hall–Kier alpha value is -1.77. The fourth-order valence-electron chi connectivity index (χ4n) is 3.47. The van der Waals surface area contributed by atoms with Gasteiger partial charge in [0, 0.05) is 24.8 Å². The number of benzene rings is 1. The molecule has 3 atom stereocenters. The van der Waals surface area contributed by atoms with Gasteiger partial charge in [0.05, 0.1) is 0 Å². The van der Waals surface area contributed by atoms with Crippen LogP contribution in [0.15, 0.2) is 30.4 Å². The van der Waals surface area contributed by atoms with E-state index in [1.165, 1.54) is 18.4 Å². The normalized spacial score (nSPS) is 26.8. The molecule has 0 aliphatic heterocycles. The molecule has 2 N–H and O–H groups in total. The summed E-state index contributed by atoms with van der Waals surface area (Å²) in [7, 11) is 1.66. The predicted octanol–water partition coefficient (Wildman–Crippen LogP) is 2.98. The lowest BCUT2D eigenvalue weighted by Gasteiger charge is -2.20. The molecule has 1 fully saturated rings.